The number of carbonyl (C=O) groups is 2. The number of imidazole rings is 1. The predicted octanol–water partition coefficient (Wildman–Crippen LogP) is 3.07. The number of hydrogen-bond acceptors (Lipinski definition) is 8. The molecule has 42 heavy (non-hydrogen) atoms. The van der Waals surface area contributed by atoms with Crippen LogP contribution in [-0.4, -0.2) is 69.7 Å². The third kappa shape index (κ3) is 5.78. The van der Waals surface area contributed by atoms with Crippen LogP contribution in [0.15, 0.2) is 65.6 Å². The summed E-state index contributed by atoms with van der Waals surface area (Å²) in [6, 6.07) is 11.5. The maximum absolute atomic E-state index is 15.2. The Hall–Kier alpha value is -4.88. The van der Waals surface area contributed by atoms with Crippen LogP contribution >= 0.6 is 0 Å². The van der Waals surface area contributed by atoms with E-state index in [2.05, 4.69) is 9.88 Å². The highest BCUT2D eigenvalue weighted by Crippen LogP contribution is 2.28. The quantitative estimate of drug-likeness (QED) is 0.321. The Labute approximate surface area is 239 Å². The van der Waals surface area contributed by atoms with Gasteiger partial charge in [0, 0.05) is 43.9 Å². The van der Waals surface area contributed by atoms with E-state index < -0.39 is 29.2 Å². The lowest BCUT2D eigenvalue weighted by Gasteiger charge is -2.38. The van der Waals surface area contributed by atoms with Crippen molar-refractivity contribution in [3.63, 3.8) is 0 Å². The molecule has 1 aliphatic heterocycles. The number of nitrogens with zero attached hydrogens (tertiary/aromatic N) is 5. The number of carbonyl (C=O) groups excluding carboxylic acids is 2. The van der Waals surface area contributed by atoms with Gasteiger partial charge < -0.3 is 20.2 Å². The first-order chi connectivity index (χ1) is 20.0. The smallest absolute Gasteiger partial charge is 0.375 e. The third-order valence-corrected chi connectivity index (χ3v) is 6.70. The number of aromatic nitrogens is 3. The number of rotatable bonds is 9. The molecule has 13 heteroatoms. The number of primary amides is 1. The molecule has 1 aliphatic rings. The van der Waals surface area contributed by atoms with Gasteiger partial charge >= 0.3 is 11.7 Å². The predicted molar refractivity (Wildman–Crippen MR) is 148 cm³/mol. The summed E-state index contributed by atoms with van der Waals surface area (Å²) in [5.74, 6) is -2.60. The van der Waals surface area contributed by atoms with Gasteiger partial charge in [0.15, 0.2) is 17.3 Å². The highest BCUT2D eigenvalue weighted by atomic mass is 19.1. The average Bonchev–Trinajstić information content (AvgIpc) is 3.19. The maximum Gasteiger partial charge on any atom is 0.375 e. The van der Waals surface area contributed by atoms with E-state index in [9.17, 15) is 18.8 Å². The number of hydrogen-bond donors (Lipinski definition) is 1. The molecule has 0 radical (unpaired) electrons. The van der Waals surface area contributed by atoms with Gasteiger partial charge in [0.1, 0.15) is 17.3 Å². The summed E-state index contributed by atoms with van der Waals surface area (Å²) in [4.78, 5) is 49.7. The van der Waals surface area contributed by atoms with Crippen LogP contribution < -0.4 is 16.2 Å². The van der Waals surface area contributed by atoms with Crippen molar-refractivity contribution in [2.75, 3.05) is 33.7 Å². The minimum atomic E-state index is -0.908. The molecule has 1 amide bonds. The minimum absolute atomic E-state index is 0.0173. The van der Waals surface area contributed by atoms with E-state index >= 15 is 4.39 Å². The van der Waals surface area contributed by atoms with Crippen molar-refractivity contribution in [1.82, 2.24) is 24.1 Å². The van der Waals surface area contributed by atoms with Crippen LogP contribution in [0.5, 0.6) is 11.5 Å². The second kappa shape index (κ2) is 11.5. The van der Waals surface area contributed by atoms with Crippen molar-refractivity contribution in [2.24, 2.45) is 11.7 Å². The van der Waals surface area contributed by atoms with Gasteiger partial charge in [-0.2, -0.15) is 0 Å². The van der Waals surface area contributed by atoms with Crippen LogP contribution in [0, 0.1) is 24.5 Å². The Morgan fingerprint density at radius 3 is 2.36 bits per heavy atom. The van der Waals surface area contributed by atoms with Crippen molar-refractivity contribution in [3.05, 3.63) is 100.0 Å². The molecule has 1 fully saturated rings. The summed E-state index contributed by atoms with van der Waals surface area (Å²) >= 11 is 0. The monoisotopic (exact) mass is 578 g/mol. The highest BCUT2D eigenvalue weighted by molar-refractivity contribution is 5.93. The number of benzene rings is 2. The van der Waals surface area contributed by atoms with Gasteiger partial charge in [0.05, 0.1) is 17.1 Å². The largest absolute Gasteiger partial charge is 0.454 e. The SMILES string of the molecule is Cc1c(C(N)=O)n(-c2ccc(Oc3ccnc(C(=O)ON4CC(CN(C)C)C4)c3)c(F)c2)c(=O)n1-c1ccc(F)cc1. The van der Waals surface area contributed by atoms with Gasteiger partial charge in [0.25, 0.3) is 5.91 Å². The lowest BCUT2D eigenvalue weighted by molar-refractivity contribution is -0.175. The molecular formula is C29H28F2N6O5. The third-order valence-electron chi connectivity index (χ3n) is 6.70. The van der Waals surface area contributed by atoms with E-state index in [4.69, 9.17) is 15.3 Å². The number of ether oxygens (including phenoxy) is 1. The first kappa shape index (κ1) is 28.6. The van der Waals surface area contributed by atoms with E-state index in [1.54, 1.807) is 5.06 Å². The van der Waals surface area contributed by atoms with Crippen molar-refractivity contribution < 1.29 is 27.9 Å². The molecule has 0 unspecified atom stereocenters. The zero-order chi connectivity index (χ0) is 30.1. The lowest BCUT2D eigenvalue weighted by Crippen LogP contribution is -2.51. The molecule has 0 bridgehead atoms. The molecular weight excluding hydrogens is 550 g/mol. The van der Waals surface area contributed by atoms with E-state index in [1.165, 1.54) is 66.2 Å². The van der Waals surface area contributed by atoms with E-state index in [-0.39, 0.29) is 34.3 Å². The van der Waals surface area contributed by atoms with Gasteiger partial charge in [-0.15, -0.1) is 5.06 Å². The van der Waals surface area contributed by atoms with Crippen LogP contribution in [0.25, 0.3) is 11.4 Å². The molecule has 5 rings (SSSR count). The van der Waals surface area contributed by atoms with Crippen LogP contribution in [0.2, 0.25) is 0 Å². The number of nitrogens with two attached hydrogens (primary N) is 1. The first-order valence-corrected chi connectivity index (χ1v) is 13.0. The molecule has 0 spiro atoms. The highest BCUT2D eigenvalue weighted by Gasteiger charge is 2.31. The van der Waals surface area contributed by atoms with E-state index in [1.807, 2.05) is 14.1 Å². The fraction of sp³-hybridized carbons (Fsp3) is 0.241. The molecule has 3 heterocycles. The molecule has 218 valence electrons. The van der Waals surface area contributed by atoms with Gasteiger partial charge in [0.2, 0.25) is 0 Å². The summed E-state index contributed by atoms with van der Waals surface area (Å²) in [6.07, 6.45) is 1.34. The number of amides is 1. The van der Waals surface area contributed by atoms with Crippen molar-refractivity contribution in [1.29, 1.82) is 0 Å². The average molecular weight is 579 g/mol. The van der Waals surface area contributed by atoms with Crippen LogP contribution in [-0.2, 0) is 4.84 Å². The van der Waals surface area contributed by atoms with Crippen molar-refractivity contribution >= 4 is 11.9 Å². The van der Waals surface area contributed by atoms with Gasteiger partial charge in [-0.05, 0) is 63.5 Å². The summed E-state index contributed by atoms with van der Waals surface area (Å²) in [6.45, 7) is 3.62. The van der Waals surface area contributed by atoms with Crippen LogP contribution in [0.1, 0.15) is 26.7 Å². The van der Waals surface area contributed by atoms with Crippen molar-refractivity contribution in [3.8, 4) is 22.9 Å². The Balaban J connectivity index is 1.36. The van der Waals surface area contributed by atoms with Crippen LogP contribution in [0.3, 0.4) is 0 Å². The molecule has 4 aromatic rings. The molecule has 2 aromatic heterocycles. The number of halogens is 2. The Morgan fingerprint density at radius 1 is 1.02 bits per heavy atom. The van der Waals surface area contributed by atoms with Gasteiger partial charge in [-0.3, -0.25) is 13.9 Å². The normalized spacial score (nSPS) is 13.7. The summed E-state index contributed by atoms with van der Waals surface area (Å²) in [5, 5.41) is 1.55. The minimum Gasteiger partial charge on any atom is -0.454 e. The fourth-order valence-corrected chi connectivity index (χ4v) is 4.85. The van der Waals surface area contributed by atoms with Crippen molar-refractivity contribution in [2.45, 2.75) is 6.92 Å². The lowest BCUT2D eigenvalue weighted by atomic mass is 10.0. The van der Waals surface area contributed by atoms with E-state index in [0.717, 1.165) is 17.2 Å². The van der Waals surface area contributed by atoms with Crippen LogP contribution in [0.4, 0.5) is 8.78 Å². The summed E-state index contributed by atoms with van der Waals surface area (Å²) < 4.78 is 36.5. The number of hydroxylamine groups is 2. The first-order valence-electron chi connectivity index (χ1n) is 13.0. The molecule has 2 N–H and O–H groups in total. The summed E-state index contributed by atoms with van der Waals surface area (Å²) in [5.41, 5.74) is 5.21. The van der Waals surface area contributed by atoms with Gasteiger partial charge in [-0.1, -0.05) is 0 Å². The standard InChI is InChI=1S/C29H28F2N6O5/c1-17-26(27(32)38)37(29(40)36(17)20-6-4-19(30)5-7-20)21-8-9-25(23(31)12-21)41-22-10-11-33-24(13-22)28(39)42-35-15-18(16-35)14-34(2)3/h4-13,18H,14-16H2,1-3H3,(H2,32,38). The summed E-state index contributed by atoms with van der Waals surface area (Å²) in [7, 11) is 3.96. The molecule has 0 atom stereocenters. The zero-order valence-corrected chi connectivity index (χ0v) is 23.1. The molecule has 0 saturated carbocycles. The number of pyridine rings is 1. The maximum atomic E-state index is 15.2. The van der Waals surface area contributed by atoms with Gasteiger partial charge in [-0.25, -0.2) is 23.4 Å². The second-order valence-corrected chi connectivity index (χ2v) is 10.2. The topological polar surface area (TPSA) is 125 Å². The molecule has 0 aliphatic carbocycles. The molecule has 2 aromatic carbocycles. The molecule has 11 nitrogen and oxygen atoms in total. The Bertz CT molecular complexity index is 1710. The Morgan fingerprint density at radius 2 is 1.71 bits per heavy atom. The Kier molecular flexibility index (Phi) is 7.87. The van der Waals surface area contributed by atoms with E-state index in [0.29, 0.717) is 24.7 Å². The zero-order valence-electron chi connectivity index (χ0n) is 23.1. The fourth-order valence-electron chi connectivity index (χ4n) is 4.85. The molecule has 1 saturated heterocycles. The second-order valence-electron chi connectivity index (χ2n) is 10.2.